The Hall–Kier alpha value is -0.810. The Bertz CT molecular complexity index is 462. The van der Waals surface area contributed by atoms with E-state index >= 15 is 0 Å². The zero-order valence-corrected chi connectivity index (χ0v) is 12.7. The van der Waals surface area contributed by atoms with E-state index in [9.17, 15) is 4.79 Å². The molecule has 1 saturated carbocycles. The topological polar surface area (TPSA) is 57.8 Å². The van der Waals surface area contributed by atoms with Crippen LogP contribution in [0.1, 0.15) is 33.6 Å². The predicted molar refractivity (Wildman–Crippen MR) is 79.5 cm³/mol. The van der Waals surface area contributed by atoms with Crippen molar-refractivity contribution in [3.05, 3.63) is 22.6 Å². The standard InChI is InChI=1S/C14H23N3OS/c1-4-15-11-8-9(2)7-10(3)13(11)19-14-16-6-5-12(18)17-14/h5-6,9-11,13,15H,4,7-8H2,1-3H3,(H,16,17,18). The van der Waals surface area contributed by atoms with Crippen molar-refractivity contribution in [2.45, 2.75) is 50.1 Å². The fourth-order valence-corrected chi connectivity index (χ4v) is 4.28. The first-order valence-electron chi connectivity index (χ1n) is 7.05. The van der Waals surface area contributed by atoms with Gasteiger partial charge < -0.3 is 10.3 Å². The molecule has 0 aliphatic heterocycles. The van der Waals surface area contributed by atoms with Crippen LogP contribution in [0.4, 0.5) is 0 Å². The monoisotopic (exact) mass is 281 g/mol. The number of nitrogens with zero attached hydrogens (tertiary/aromatic N) is 1. The molecule has 4 atom stereocenters. The Morgan fingerprint density at radius 3 is 2.95 bits per heavy atom. The Kier molecular flexibility index (Phi) is 5.05. The third kappa shape index (κ3) is 3.83. The molecule has 5 heteroatoms. The quantitative estimate of drug-likeness (QED) is 0.831. The number of rotatable bonds is 4. The summed E-state index contributed by atoms with van der Waals surface area (Å²) in [6.45, 7) is 7.76. The summed E-state index contributed by atoms with van der Waals surface area (Å²) in [5.74, 6) is 1.39. The first-order valence-corrected chi connectivity index (χ1v) is 7.93. The van der Waals surface area contributed by atoms with Gasteiger partial charge in [-0.1, -0.05) is 32.5 Å². The van der Waals surface area contributed by atoms with Crippen LogP contribution in [-0.4, -0.2) is 27.8 Å². The van der Waals surface area contributed by atoms with Crippen LogP contribution in [0.25, 0.3) is 0 Å². The second-order valence-corrected chi connectivity index (χ2v) is 6.71. The molecule has 2 rings (SSSR count). The number of H-pyrrole nitrogens is 1. The van der Waals surface area contributed by atoms with Crippen LogP contribution in [0, 0.1) is 11.8 Å². The summed E-state index contributed by atoms with van der Waals surface area (Å²) in [7, 11) is 0. The second-order valence-electron chi connectivity index (χ2n) is 5.54. The molecule has 0 radical (unpaired) electrons. The molecule has 0 saturated heterocycles. The van der Waals surface area contributed by atoms with Crippen molar-refractivity contribution in [3.8, 4) is 0 Å². The van der Waals surface area contributed by atoms with E-state index in [2.05, 4.69) is 36.1 Å². The minimum Gasteiger partial charge on any atom is -0.313 e. The summed E-state index contributed by atoms with van der Waals surface area (Å²) >= 11 is 1.71. The molecular weight excluding hydrogens is 258 g/mol. The summed E-state index contributed by atoms with van der Waals surface area (Å²) in [5.41, 5.74) is -0.0747. The lowest BCUT2D eigenvalue weighted by atomic mass is 9.80. The lowest BCUT2D eigenvalue weighted by molar-refractivity contribution is 0.251. The van der Waals surface area contributed by atoms with Crippen LogP contribution in [0.3, 0.4) is 0 Å². The Morgan fingerprint density at radius 1 is 1.47 bits per heavy atom. The number of nitrogens with one attached hydrogen (secondary N) is 2. The van der Waals surface area contributed by atoms with Gasteiger partial charge in [-0.3, -0.25) is 4.79 Å². The molecule has 4 nitrogen and oxygen atoms in total. The van der Waals surface area contributed by atoms with Gasteiger partial charge in [-0.2, -0.15) is 0 Å². The second kappa shape index (κ2) is 6.57. The highest BCUT2D eigenvalue weighted by molar-refractivity contribution is 7.99. The highest BCUT2D eigenvalue weighted by atomic mass is 32.2. The Balaban J connectivity index is 2.12. The van der Waals surface area contributed by atoms with Gasteiger partial charge in [0.15, 0.2) is 5.16 Å². The average molecular weight is 281 g/mol. The molecule has 0 spiro atoms. The molecule has 2 N–H and O–H groups in total. The van der Waals surface area contributed by atoms with Gasteiger partial charge in [-0.15, -0.1) is 0 Å². The van der Waals surface area contributed by atoms with Crippen LogP contribution in [-0.2, 0) is 0 Å². The lowest BCUT2D eigenvalue weighted by Crippen LogP contribution is -2.46. The largest absolute Gasteiger partial charge is 0.313 e. The van der Waals surface area contributed by atoms with E-state index in [-0.39, 0.29) is 5.56 Å². The van der Waals surface area contributed by atoms with Gasteiger partial charge in [0.1, 0.15) is 0 Å². The van der Waals surface area contributed by atoms with E-state index in [4.69, 9.17) is 0 Å². The minimum absolute atomic E-state index is 0.0747. The van der Waals surface area contributed by atoms with Crippen LogP contribution in [0.15, 0.2) is 22.2 Å². The van der Waals surface area contributed by atoms with Gasteiger partial charge in [0.05, 0.1) is 0 Å². The number of hydrogen-bond donors (Lipinski definition) is 2. The van der Waals surface area contributed by atoms with Crippen molar-refractivity contribution < 1.29 is 0 Å². The molecule has 1 aromatic rings. The predicted octanol–water partition coefficient (Wildman–Crippen LogP) is 2.27. The molecule has 106 valence electrons. The zero-order chi connectivity index (χ0) is 13.8. The molecule has 1 aliphatic rings. The fraction of sp³-hybridized carbons (Fsp3) is 0.714. The third-order valence-corrected chi connectivity index (χ3v) is 5.25. The number of aromatic amines is 1. The normalized spacial score (nSPS) is 31.3. The molecule has 1 aromatic heterocycles. The fourth-order valence-electron chi connectivity index (χ4n) is 3.03. The van der Waals surface area contributed by atoms with Crippen molar-refractivity contribution >= 4 is 11.8 Å². The molecule has 4 unspecified atom stereocenters. The molecule has 1 aliphatic carbocycles. The van der Waals surface area contributed by atoms with Gasteiger partial charge in [0.25, 0.3) is 5.56 Å². The smallest absolute Gasteiger partial charge is 0.251 e. The van der Waals surface area contributed by atoms with E-state index in [0.717, 1.165) is 17.6 Å². The van der Waals surface area contributed by atoms with Gasteiger partial charge in [0.2, 0.25) is 0 Å². The highest BCUT2D eigenvalue weighted by Crippen LogP contribution is 2.38. The van der Waals surface area contributed by atoms with Crippen molar-refractivity contribution in [2.24, 2.45) is 11.8 Å². The van der Waals surface area contributed by atoms with E-state index in [0.29, 0.717) is 17.2 Å². The van der Waals surface area contributed by atoms with Crippen molar-refractivity contribution in [3.63, 3.8) is 0 Å². The zero-order valence-electron chi connectivity index (χ0n) is 11.8. The number of hydrogen-bond acceptors (Lipinski definition) is 4. The lowest BCUT2D eigenvalue weighted by Gasteiger charge is -2.39. The van der Waals surface area contributed by atoms with E-state index in [1.165, 1.54) is 18.9 Å². The molecule has 0 amide bonds. The highest BCUT2D eigenvalue weighted by Gasteiger charge is 2.34. The maximum atomic E-state index is 11.3. The first kappa shape index (κ1) is 14.6. The molecular formula is C14H23N3OS. The summed E-state index contributed by atoms with van der Waals surface area (Å²) in [4.78, 5) is 18.4. The van der Waals surface area contributed by atoms with Gasteiger partial charge in [-0.25, -0.2) is 4.98 Å². The van der Waals surface area contributed by atoms with Gasteiger partial charge in [0, 0.05) is 23.6 Å². The summed E-state index contributed by atoms with van der Waals surface area (Å²) in [5, 5.41) is 4.80. The first-order chi connectivity index (χ1) is 9.10. The van der Waals surface area contributed by atoms with Gasteiger partial charge in [-0.05, 0) is 31.2 Å². The molecule has 0 bridgehead atoms. The summed E-state index contributed by atoms with van der Waals surface area (Å²) in [6, 6.07) is 1.96. The maximum absolute atomic E-state index is 11.3. The third-order valence-electron chi connectivity index (χ3n) is 3.75. The number of aromatic nitrogens is 2. The molecule has 1 heterocycles. The van der Waals surface area contributed by atoms with Gasteiger partial charge >= 0.3 is 0 Å². The Morgan fingerprint density at radius 2 is 2.26 bits per heavy atom. The van der Waals surface area contributed by atoms with Crippen molar-refractivity contribution in [2.75, 3.05) is 6.54 Å². The number of thioether (sulfide) groups is 1. The minimum atomic E-state index is -0.0747. The van der Waals surface area contributed by atoms with Crippen LogP contribution >= 0.6 is 11.8 Å². The van der Waals surface area contributed by atoms with Crippen LogP contribution in [0.5, 0.6) is 0 Å². The molecule has 0 aromatic carbocycles. The average Bonchev–Trinajstić information content (AvgIpc) is 2.34. The Labute approximate surface area is 118 Å². The maximum Gasteiger partial charge on any atom is 0.251 e. The van der Waals surface area contributed by atoms with Crippen molar-refractivity contribution in [1.29, 1.82) is 0 Å². The summed E-state index contributed by atoms with van der Waals surface area (Å²) in [6.07, 6.45) is 4.03. The van der Waals surface area contributed by atoms with Crippen molar-refractivity contribution in [1.82, 2.24) is 15.3 Å². The van der Waals surface area contributed by atoms with E-state index < -0.39 is 0 Å². The van der Waals surface area contributed by atoms with E-state index in [1.807, 2.05) is 0 Å². The van der Waals surface area contributed by atoms with Crippen LogP contribution in [0.2, 0.25) is 0 Å². The molecule has 19 heavy (non-hydrogen) atoms. The molecule has 1 fully saturated rings. The van der Waals surface area contributed by atoms with E-state index in [1.54, 1.807) is 18.0 Å². The SMILES string of the molecule is CCNC1CC(C)CC(C)C1Sc1nccc(=O)[nH]1. The summed E-state index contributed by atoms with van der Waals surface area (Å²) < 4.78 is 0. The van der Waals surface area contributed by atoms with Crippen LogP contribution < -0.4 is 10.9 Å².